The van der Waals surface area contributed by atoms with Gasteiger partial charge in [-0.25, -0.2) is 22.5 Å². The highest BCUT2D eigenvalue weighted by atomic mass is 32.2. The fourth-order valence-electron chi connectivity index (χ4n) is 2.44. The van der Waals surface area contributed by atoms with Crippen LogP contribution in [0.15, 0.2) is 52.5 Å². The van der Waals surface area contributed by atoms with Gasteiger partial charge in [0.15, 0.2) is 21.3 Å². The highest BCUT2D eigenvalue weighted by Crippen LogP contribution is 2.37. The summed E-state index contributed by atoms with van der Waals surface area (Å²) >= 11 is 0.896. The van der Waals surface area contributed by atoms with Gasteiger partial charge in [0.1, 0.15) is 22.5 Å². The number of alkyl halides is 3. The molecule has 0 saturated carbocycles. The van der Waals surface area contributed by atoms with E-state index in [1.807, 2.05) is 0 Å². The van der Waals surface area contributed by atoms with Crippen LogP contribution >= 0.6 is 11.8 Å². The lowest BCUT2D eigenvalue weighted by Crippen LogP contribution is -2.09. The van der Waals surface area contributed by atoms with Crippen molar-refractivity contribution < 1.29 is 26.0 Å². The molecule has 0 aliphatic heterocycles. The Labute approximate surface area is 173 Å². The predicted molar refractivity (Wildman–Crippen MR) is 100 cm³/mol. The van der Waals surface area contributed by atoms with Crippen LogP contribution in [0.4, 0.5) is 17.6 Å². The molecule has 0 bridgehead atoms. The third kappa shape index (κ3) is 4.63. The molecule has 0 saturated heterocycles. The lowest BCUT2D eigenvalue weighted by atomic mass is 10.2. The Kier molecular flexibility index (Phi) is 5.87. The Morgan fingerprint density at radius 3 is 2.33 bits per heavy atom. The Morgan fingerprint density at radius 2 is 1.83 bits per heavy atom. The lowest BCUT2D eigenvalue weighted by molar-refractivity contribution is -0.141. The fourth-order valence-corrected chi connectivity index (χ4v) is 4.04. The van der Waals surface area contributed by atoms with Gasteiger partial charge in [0.05, 0.1) is 4.90 Å². The lowest BCUT2D eigenvalue weighted by Gasteiger charge is -2.07. The standard InChI is InChI=1S/C18H12F4N4O2S2/c1-30(27,28)13-6-7-15(24-9-13)26-17(14(8-23)16(25-26)18(20,21)22)29-10-11-2-4-12(19)5-3-11/h2-7,9H,10H2,1H3. The second-order valence-corrected chi connectivity index (χ2v) is 9.07. The average molecular weight is 456 g/mol. The minimum Gasteiger partial charge on any atom is -0.236 e. The largest absolute Gasteiger partial charge is 0.436 e. The third-order valence-corrected chi connectivity index (χ3v) is 6.10. The van der Waals surface area contributed by atoms with E-state index in [1.54, 1.807) is 0 Å². The molecule has 0 spiro atoms. The number of sulfone groups is 1. The molecule has 2 aromatic heterocycles. The van der Waals surface area contributed by atoms with E-state index in [1.165, 1.54) is 42.5 Å². The van der Waals surface area contributed by atoms with Gasteiger partial charge < -0.3 is 0 Å². The van der Waals surface area contributed by atoms with Crippen molar-refractivity contribution >= 4 is 21.6 Å². The van der Waals surface area contributed by atoms with E-state index in [2.05, 4.69) is 10.1 Å². The molecule has 3 aromatic rings. The summed E-state index contributed by atoms with van der Waals surface area (Å²) in [6.45, 7) is 0. The molecule has 156 valence electrons. The smallest absolute Gasteiger partial charge is 0.236 e. The first-order valence-corrected chi connectivity index (χ1v) is 11.0. The van der Waals surface area contributed by atoms with Crippen LogP contribution in [0.2, 0.25) is 0 Å². The molecule has 3 rings (SSSR count). The van der Waals surface area contributed by atoms with Crippen molar-refractivity contribution in [3.8, 4) is 11.9 Å². The van der Waals surface area contributed by atoms with Crippen molar-refractivity contribution in [2.45, 2.75) is 21.9 Å². The third-order valence-electron chi connectivity index (χ3n) is 3.88. The zero-order chi connectivity index (χ0) is 22.1. The van der Waals surface area contributed by atoms with E-state index in [-0.39, 0.29) is 21.5 Å². The number of benzene rings is 1. The molecule has 30 heavy (non-hydrogen) atoms. The molecule has 12 heteroatoms. The average Bonchev–Trinajstić information content (AvgIpc) is 3.06. The Hall–Kier alpha value is -2.91. The van der Waals surface area contributed by atoms with Gasteiger partial charge >= 0.3 is 6.18 Å². The Morgan fingerprint density at radius 1 is 1.17 bits per heavy atom. The van der Waals surface area contributed by atoms with Gasteiger partial charge in [-0.2, -0.15) is 23.5 Å². The van der Waals surface area contributed by atoms with Crippen LogP contribution < -0.4 is 0 Å². The maximum absolute atomic E-state index is 13.4. The van der Waals surface area contributed by atoms with Crippen LogP contribution in [-0.2, 0) is 21.8 Å². The fraction of sp³-hybridized carbons (Fsp3) is 0.167. The quantitative estimate of drug-likeness (QED) is 0.426. The van der Waals surface area contributed by atoms with Gasteiger partial charge in [-0.05, 0) is 29.8 Å². The first kappa shape index (κ1) is 21.8. The van der Waals surface area contributed by atoms with Gasteiger partial charge in [-0.15, -0.1) is 11.8 Å². The molecule has 1 aromatic carbocycles. The summed E-state index contributed by atoms with van der Waals surface area (Å²) in [5.74, 6) is -0.406. The van der Waals surface area contributed by atoms with Crippen LogP contribution in [0.1, 0.15) is 16.8 Å². The molecule has 0 N–H and O–H groups in total. The number of aromatic nitrogens is 3. The van der Waals surface area contributed by atoms with E-state index >= 15 is 0 Å². The molecule has 6 nitrogen and oxygen atoms in total. The van der Waals surface area contributed by atoms with Crippen molar-refractivity contribution in [2.75, 3.05) is 6.26 Å². The van der Waals surface area contributed by atoms with E-state index in [0.717, 1.165) is 28.9 Å². The minimum absolute atomic E-state index is 0.0870. The van der Waals surface area contributed by atoms with E-state index in [9.17, 15) is 31.2 Å². The van der Waals surface area contributed by atoms with Crippen LogP contribution in [0, 0.1) is 17.1 Å². The summed E-state index contributed by atoms with van der Waals surface area (Å²) in [4.78, 5) is 3.78. The van der Waals surface area contributed by atoms with Crippen LogP contribution in [0.3, 0.4) is 0 Å². The predicted octanol–water partition coefficient (Wildman–Crippen LogP) is 3.99. The van der Waals surface area contributed by atoms with Crippen molar-refractivity contribution in [1.82, 2.24) is 14.8 Å². The molecule has 0 aliphatic carbocycles. The zero-order valence-corrected chi connectivity index (χ0v) is 16.8. The second-order valence-electron chi connectivity index (χ2n) is 6.09. The van der Waals surface area contributed by atoms with Gasteiger partial charge in [0.25, 0.3) is 0 Å². The van der Waals surface area contributed by atoms with Gasteiger partial charge in [0, 0.05) is 18.2 Å². The molecule has 0 aliphatic rings. The van der Waals surface area contributed by atoms with Crippen LogP contribution in [-0.4, -0.2) is 29.4 Å². The number of rotatable bonds is 5. The molecule has 0 radical (unpaired) electrons. The van der Waals surface area contributed by atoms with Crippen molar-refractivity contribution in [1.29, 1.82) is 5.26 Å². The van der Waals surface area contributed by atoms with Crippen LogP contribution in [0.25, 0.3) is 5.82 Å². The number of halogens is 4. The molecular formula is C18H12F4N4O2S2. The second kappa shape index (κ2) is 8.08. The Balaban J connectivity index is 2.08. The van der Waals surface area contributed by atoms with Gasteiger partial charge in [-0.1, -0.05) is 12.1 Å². The number of pyridine rings is 1. The topological polar surface area (TPSA) is 88.6 Å². The number of nitrogens with zero attached hydrogens (tertiary/aromatic N) is 4. The van der Waals surface area contributed by atoms with Crippen molar-refractivity contribution in [3.05, 3.63) is 65.2 Å². The summed E-state index contributed by atoms with van der Waals surface area (Å²) in [7, 11) is -3.55. The van der Waals surface area contributed by atoms with E-state index in [4.69, 9.17) is 0 Å². The highest BCUT2D eigenvalue weighted by molar-refractivity contribution is 7.98. The first-order valence-electron chi connectivity index (χ1n) is 8.14. The molecule has 0 atom stereocenters. The first-order chi connectivity index (χ1) is 14.0. The van der Waals surface area contributed by atoms with Crippen molar-refractivity contribution in [3.63, 3.8) is 0 Å². The maximum Gasteiger partial charge on any atom is 0.436 e. The molecule has 0 unspecified atom stereocenters. The minimum atomic E-state index is -4.88. The van der Waals surface area contributed by atoms with Gasteiger partial charge in [0.2, 0.25) is 0 Å². The van der Waals surface area contributed by atoms with Gasteiger partial charge in [-0.3, -0.25) is 0 Å². The monoisotopic (exact) mass is 456 g/mol. The normalized spacial score (nSPS) is 12.0. The summed E-state index contributed by atoms with van der Waals surface area (Å²) in [6.07, 6.45) is -2.91. The number of nitriles is 1. The molecular weight excluding hydrogens is 444 g/mol. The highest BCUT2D eigenvalue weighted by Gasteiger charge is 2.40. The molecule has 0 fully saturated rings. The van der Waals surface area contributed by atoms with Crippen molar-refractivity contribution in [2.24, 2.45) is 0 Å². The number of hydrogen-bond donors (Lipinski definition) is 0. The summed E-state index contributed by atoms with van der Waals surface area (Å²) in [5, 5.41) is 12.7. The zero-order valence-electron chi connectivity index (χ0n) is 15.2. The maximum atomic E-state index is 13.4. The summed E-state index contributed by atoms with van der Waals surface area (Å²) in [6, 6.07) is 9.29. The number of hydrogen-bond acceptors (Lipinski definition) is 6. The summed E-state index contributed by atoms with van der Waals surface area (Å²) in [5.41, 5.74) is -1.43. The van der Waals surface area contributed by atoms with E-state index < -0.39 is 33.1 Å². The SMILES string of the molecule is CS(=O)(=O)c1ccc(-n2nc(C(F)(F)F)c(C#N)c2SCc2ccc(F)cc2)nc1. The van der Waals surface area contributed by atoms with E-state index in [0.29, 0.717) is 5.56 Å². The Bertz CT molecular complexity index is 1210. The van der Waals surface area contributed by atoms with Crippen LogP contribution in [0.5, 0.6) is 0 Å². The number of thioether (sulfide) groups is 1. The molecule has 0 amide bonds. The summed E-state index contributed by atoms with van der Waals surface area (Å²) < 4.78 is 77.3. The molecule has 2 heterocycles.